The molecule has 1 saturated carbocycles. The van der Waals surface area contributed by atoms with Crippen molar-refractivity contribution in [3.63, 3.8) is 0 Å². The fourth-order valence-corrected chi connectivity index (χ4v) is 5.95. The largest absolute Gasteiger partial charge is 0.465 e. The van der Waals surface area contributed by atoms with Gasteiger partial charge in [0.2, 0.25) is 0 Å². The molecular weight excluding hydrogens is 348 g/mol. The minimum atomic E-state index is -0.0845. The zero-order chi connectivity index (χ0) is 19.1. The lowest BCUT2D eigenvalue weighted by molar-refractivity contribution is -0.145. The molecule has 2 aliphatic carbocycles. The fourth-order valence-electron chi connectivity index (χ4n) is 5.95. The highest BCUT2D eigenvalue weighted by atomic mass is 16.5. The Morgan fingerprint density at radius 1 is 1.11 bits per heavy atom. The summed E-state index contributed by atoms with van der Waals surface area (Å²) in [6.45, 7) is 4.68. The van der Waals surface area contributed by atoms with Crippen LogP contribution in [0.25, 0.3) is 10.9 Å². The Morgan fingerprint density at radius 2 is 1.96 bits per heavy atom. The number of nitrogens with zero attached hydrogens (tertiary/aromatic N) is 2. The van der Waals surface area contributed by atoms with Crippen LogP contribution in [-0.4, -0.2) is 35.1 Å². The first kappa shape index (κ1) is 18.2. The van der Waals surface area contributed by atoms with Crippen molar-refractivity contribution in [1.82, 2.24) is 9.47 Å². The predicted molar refractivity (Wildman–Crippen MR) is 112 cm³/mol. The summed E-state index contributed by atoms with van der Waals surface area (Å²) in [5.41, 5.74) is 6.00. The van der Waals surface area contributed by atoms with E-state index in [1.165, 1.54) is 61.5 Å². The molecule has 5 rings (SSSR count). The van der Waals surface area contributed by atoms with Gasteiger partial charge in [0.25, 0.3) is 0 Å². The van der Waals surface area contributed by atoms with Gasteiger partial charge in [-0.25, -0.2) is 0 Å². The average Bonchev–Trinajstić information content (AvgIpc) is 3.05. The number of benzene rings is 1. The average molecular weight is 381 g/mol. The van der Waals surface area contributed by atoms with Crippen LogP contribution in [-0.2, 0) is 22.5 Å². The van der Waals surface area contributed by atoms with Crippen molar-refractivity contribution in [2.24, 2.45) is 0 Å². The Morgan fingerprint density at radius 3 is 2.79 bits per heavy atom. The van der Waals surface area contributed by atoms with Gasteiger partial charge in [-0.15, -0.1) is 0 Å². The number of hydrogen-bond acceptors (Lipinski definition) is 3. The lowest BCUT2D eigenvalue weighted by atomic mass is 9.83. The van der Waals surface area contributed by atoms with Crippen molar-refractivity contribution in [3.05, 3.63) is 35.0 Å². The summed E-state index contributed by atoms with van der Waals surface area (Å²) < 4.78 is 7.78. The molecule has 28 heavy (non-hydrogen) atoms. The normalized spacial score (nSPS) is 23.0. The lowest BCUT2D eigenvalue weighted by Crippen LogP contribution is -2.42. The summed E-state index contributed by atoms with van der Waals surface area (Å²) >= 11 is 0. The van der Waals surface area contributed by atoms with E-state index in [-0.39, 0.29) is 5.97 Å². The Kier molecular flexibility index (Phi) is 4.92. The number of aryl methyl sites for hydroxylation is 1. The summed E-state index contributed by atoms with van der Waals surface area (Å²) in [6, 6.07) is 7.67. The molecule has 2 aromatic rings. The third kappa shape index (κ3) is 3.06. The summed E-state index contributed by atoms with van der Waals surface area (Å²) in [4.78, 5) is 14.5. The Balaban J connectivity index is 1.51. The number of ether oxygens (including phenoxy) is 1. The van der Waals surface area contributed by atoms with Gasteiger partial charge < -0.3 is 9.30 Å². The topological polar surface area (TPSA) is 34.5 Å². The van der Waals surface area contributed by atoms with Gasteiger partial charge in [-0.2, -0.15) is 0 Å². The molecule has 0 bridgehead atoms. The molecular formula is C24H32N2O2. The molecule has 2 heterocycles. The summed E-state index contributed by atoms with van der Waals surface area (Å²) in [5, 5.41) is 1.49. The van der Waals surface area contributed by atoms with Crippen LogP contribution in [0.3, 0.4) is 0 Å². The number of hydrogen-bond donors (Lipinski definition) is 0. The van der Waals surface area contributed by atoms with Gasteiger partial charge in [-0.05, 0) is 68.2 Å². The number of aromatic nitrogens is 1. The minimum Gasteiger partial charge on any atom is -0.465 e. The van der Waals surface area contributed by atoms with Crippen molar-refractivity contribution in [3.8, 4) is 0 Å². The van der Waals surface area contributed by atoms with E-state index in [0.29, 0.717) is 19.2 Å². The zero-order valence-corrected chi connectivity index (χ0v) is 17.1. The van der Waals surface area contributed by atoms with Crippen LogP contribution in [0.4, 0.5) is 0 Å². The van der Waals surface area contributed by atoms with E-state index in [4.69, 9.17) is 4.74 Å². The van der Waals surface area contributed by atoms with Crippen molar-refractivity contribution in [2.45, 2.75) is 76.8 Å². The monoisotopic (exact) mass is 380 g/mol. The molecule has 1 aromatic carbocycles. The number of esters is 1. The second-order valence-electron chi connectivity index (χ2n) is 8.81. The first-order valence-corrected chi connectivity index (χ1v) is 11.3. The first-order valence-electron chi connectivity index (χ1n) is 11.3. The highest BCUT2D eigenvalue weighted by molar-refractivity contribution is 5.87. The molecule has 0 radical (unpaired) electrons. The van der Waals surface area contributed by atoms with Gasteiger partial charge in [0, 0.05) is 29.7 Å². The lowest BCUT2D eigenvalue weighted by Gasteiger charge is -2.39. The number of rotatable bonds is 4. The van der Waals surface area contributed by atoms with Crippen LogP contribution >= 0.6 is 0 Å². The second-order valence-corrected chi connectivity index (χ2v) is 8.81. The van der Waals surface area contributed by atoms with E-state index in [0.717, 1.165) is 25.4 Å². The molecule has 4 heteroatoms. The van der Waals surface area contributed by atoms with Crippen molar-refractivity contribution >= 4 is 16.9 Å². The predicted octanol–water partition coefficient (Wildman–Crippen LogP) is 4.95. The van der Waals surface area contributed by atoms with Crippen LogP contribution < -0.4 is 0 Å². The summed E-state index contributed by atoms with van der Waals surface area (Å²) in [6.07, 6.45) is 10.4. The van der Waals surface area contributed by atoms with Crippen molar-refractivity contribution in [1.29, 1.82) is 0 Å². The van der Waals surface area contributed by atoms with E-state index >= 15 is 0 Å². The maximum atomic E-state index is 12.1. The van der Waals surface area contributed by atoms with E-state index < -0.39 is 0 Å². The zero-order valence-electron chi connectivity index (χ0n) is 17.1. The third-order valence-corrected chi connectivity index (χ3v) is 7.22. The smallest absolute Gasteiger partial charge is 0.320 e. The van der Waals surface area contributed by atoms with Gasteiger partial charge in [0.1, 0.15) is 0 Å². The van der Waals surface area contributed by atoms with E-state index in [1.54, 1.807) is 11.1 Å². The molecule has 1 fully saturated rings. The standard InChI is InChI=1S/C24H32N2O2/c1-2-28-23(27)16-25-13-14-26-21-12-11-18(17-7-4-3-5-8-17)15-20(21)19-9-6-10-22(25)24(19)26/h11-12,15,17,22H,2-10,13-14,16H2,1H3/t22-/m1/s1. The maximum absolute atomic E-state index is 12.1. The molecule has 1 aliphatic heterocycles. The van der Waals surface area contributed by atoms with Crippen LogP contribution in [0.5, 0.6) is 0 Å². The first-order chi connectivity index (χ1) is 13.8. The van der Waals surface area contributed by atoms with Crippen molar-refractivity contribution in [2.75, 3.05) is 19.7 Å². The van der Waals surface area contributed by atoms with Crippen LogP contribution in [0.1, 0.15) is 80.7 Å². The molecule has 1 atom stereocenters. The van der Waals surface area contributed by atoms with E-state index in [1.807, 2.05) is 6.92 Å². The van der Waals surface area contributed by atoms with Gasteiger partial charge in [0.15, 0.2) is 0 Å². The minimum absolute atomic E-state index is 0.0845. The number of carbonyl (C=O) groups excluding carboxylic acids is 1. The summed E-state index contributed by atoms with van der Waals surface area (Å²) in [5.74, 6) is 0.667. The van der Waals surface area contributed by atoms with Gasteiger partial charge in [-0.1, -0.05) is 25.3 Å². The van der Waals surface area contributed by atoms with Gasteiger partial charge >= 0.3 is 5.97 Å². The van der Waals surface area contributed by atoms with Gasteiger partial charge in [0.05, 0.1) is 19.2 Å². The molecule has 3 aliphatic rings. The molecule has 0 amide bonds. The molecule has 0 saturated heterocycles. The third-order valence-electron chi connectivity index (χ3n) is 7.22. The Hall–Kier alpha value is -1.81. The maximum Gasteiger partial charge on any atom is 0.320 e. The molecule has 1 aromatic heterocycles. The molecule has 0 unspecified atom stereocenters. The number of carbonyl (C=O) groups is 1. The highest BCUT2D eigenvalue weighted by Gasteiger charge is 2.35. The van der Waals surface area contributed by atoms with Crippen LogP contribution in [0.15, 0.2) is 18.2 Å². The fraction of sp³-hybridized carbons (Fsp3) is 0.625. The molecule has 0 spiro atoms. The van der Waals surface area contributed by atoms with Crippen LogP contribution in [0, 0.1) is 0 Å². The Bertz CT molecular complexity index is 878. The second kappa shape index (κ2) is 7.55. The van der Waals surface area contributed by atoms with Crippen LogP contribution in [0.2, 0.25) is 0 Å². The summed E-state index contributed by atoms with van der Waals surface area (Å²) in [7, 11) is 0. The molecule has 4 nitrogen and oxygen atoms in total. The van der Waals surface area contributed by atoms with Crippen molar-refractivity contribution < 1.29 is 9.53 Å². The van der Waals surface area contributed by atoms with Gasteiger partial charge in [-0.3, -0.25) is 9.69 Å². The van der Waals surface area contributed by atoms with E-state index in [2.05, 4.69) is 27.7 Å². The van der Waals surface area contributed by atoms with E-state index in [9.17, 15) is 4.79 Å². The molecule has 150 valence electrons. The highest BCUT2D eigenvalue weighted by Crippen LogP contribution is 2.44. The molecule has 0 N–H and O–H groups in total. The Labute approximate surface area is 167 Å². The number of fused-ring (bicyclic) bond motifs is 3. The SMILES string of the molecule is CCOC(=O)CN1CCn2c3c(c4cc(C5CCCCC5)ccc42)CCC[C@H]31. The quantitative estimate of drug-likeness (QED) is 0.704.